The summed E-state index contributed by atoms with van der Waals surface area (Å²) in [5, 5.41) is 3.88. The Bertz CT molecular complexity index is 1780. The predicted octanol–water partition coefficient (Wildman–Crippen LogP) is 7.10. The van der Waals surface area contributed by atoms with Crippen LogP contribution < -0.4 is 24.4 Å². The second-order valence-corrected chi connectivity index (χ2v) is 11.7. The Morgan fingerprint density at radius 2 is 1.00 bits per heavy atom. The van der Waals surface area contributed by atoms with Gasteiger partial charge in [-0.15, -0.1) is 0 Å². The van der Waals surface area contributed by atoms with Crippen molar-refractivity contribution in [2.45, 2.75) is 51.4 Å². The minimum atomic E-state index is -0.660. The molecule has 290 valence electrons. The van der Waals surface area contributed by atoms with Gasteiger partial charge in [-0.2, -0.15) is 5.10 Å². The molecule has 0 saturated carbocycles. The fourth-order valence-corrected chi connectivity index (χ4v) is 4.65. The molecule has 3 aromatic rings. The number of hydrogen-bond donors (Lipinski definition) is 1. The van der Waals surface area contributed by atoms with Crippen LogP contribution in [0.15, 0.2) is 110 Å². The fourth-order valence-electron chi connectivity index (χ4n) is 4.65. The summed E-state index contributed by atoms with van der Waals surface area (Å²) in [6, 6.07) is 17.3. The lowest BCUT2D eigenvalue weighted by Gasteiger charge is -2.11. The SMILES string of the molecule is C=CC(=O)N/N=C/c1cc(OC(=O)c2ccc(OCCCCCCOC(=O)C=C)cc2)ccc1OC(=O)c1ccc(OCCCCCCOC(=O)C=C)cc1. The van der Waals surface area contributed by atoms with E-state index >= 15 is 0 Å². The topological polar surface area (TPSA) is 165 Å². The number of carbonyl (C=O) groups is 5. The van der Waals surface area contributed by atoms with Gasteiger partial charge in [-0.3, -0.25) is 4.79 Å². The summed E-state index contributed by atoms with van der Waals surface area (Å²) in [6.07, 6.45) is 11.3. The number of nitrogens with one attached hydrogen (secondary N) is 1. The first-order valence-corrected chi connectivity index (χ1v) is 17.8. The summed E-state index contributed by atoms with van der Waals surface area (Å²) in [4.78, 5) is 59.8. The van der Waals surface area contributed by atoms with Crippen LogP contribution in [0.3, 0.4) is 0 Å². The smallest absolute Gasteiger partial charge is 0.343 e. The number of hydrazone groups is 1. The lowest BCUT2D eigenvalue weighted by Crippen LogP contribution is -2.14. The highest BCUT2D eigenvalue weighted by atomic mass is 16.5. The first kappa shape index (κ1) is 42.9. The number of amides is 1. The van der Waals surface area contributed by atoms with Crippen LogP contribution in [0.5, 0.6) is 23.0 Å². The molecule has 13 heteroatoms. The summed E-state index contributed by atoms with van der Waals surface area (Å²) in [5.41, 5.74) is 3.04. The van der Waals surface area contributed by atoms with Gasteiger partial charge in [0, 0.05) is 17.7 Å². The summed E-state index contributed by atoms with van der Waals surface area (Å²) in [6.45, 7) is 11.8. The number of hydrogen-bond acceptors (Lipinski definition) is 12. The minimum Gasteiger partial charge on any atom is -0.494 e. The molecule has 0 aromatic heterocycles. The first-order valence-electron chi connectivity index (χ1n) is 17.8. The lowest BCUT2D eigenvalue weighted by molar-refractivity contribution is -0.138. The van der Waals surface area contributed by atoms with E-state index in [9.17, 15) is 24.0 Å². The predicted molar refractivity (Wildman–Crippen MR) is 205 cm³/mol. The van der Waals surface area contributed by atoms with Gasteiger partial charge >= 0.3 is 23.9 Å². The summed E-state index contributed by atoms with van der Waals surface area (Å²) in [5.74, 6) is -1.28. The largest absolute Gasteiger partial charge is 0.494 e. The van der Waals surface area contributed by atoms with E-state index in [-0.39, 0.29) is 28.2 Å². The van der Waals surface area contributed by atoms with Crippen molar-refractivity contribution < 1.29 is 52.4 Å². The van der Waals surface area contributed by atoms with Gasteiger partial charge in [0.1, 0.15) is 23.0 Å². The standard InChI is InChI=1S/C42H46N2O11/c1-4-38(45)44-43-30-33-29-36(54-41(48)31-15-19-34(20-16-31)50-25-11-7-9-13-27-52-39(46)5-2)23-24-37(33)55-42(49)32-17-21-35(22-18-32)51-26-12-8-10-14-28-53-40(47)6-3/h4-6,15-24,29-30H,1-3,7-14,25-28H2,(H,44,45)/b43-30+. The molecule has 3 aromatic carbocycles. The Kier molecular flexibility index (Phi) is 19.3. The van der Waals surface area contributed by atoms with Crippen molar-refractivity contribution in [1.82, 2.24) is 5.43 Å². The normalized spacial score (nSPS) is 10.5. The Balaban J connectivity index is 1.52. The minimum absolute atomic E-state index is 0.0959. The van der Waals surface area contributed by atoms with Gasteiger partial charge in [0.15, 0.2) is 0 Å². The summed E-state index contributed by atoms with van der Waals surface area (Å²) in [7, 11) is 0. The zero-order valence-corrected chi connectivity index (χ0v) is 30.7. The van der Waals surface area contributed by atoms with Gasteiger partial charge in [0.2, 0.25) is 0 Å². The Hall–Kier alpha value is -6.50. The monoisotopic (exact) mass is 754 g/mol. The first-order chi connectivity index (χ1) is 26.7. The highest BCUT2D eigenvalue weighted by molar-refractivity contribution is 5.95. The van der Waals surface area contributed by atoms with Gasteiger partial charge in [-0.1, -0.05) is 19.7 Å². The number of unbranched alkanes of at least 4 members (excludes halogenated alkanes) is 6. The van der Waals surface area contributed by atoms with Gasteiger partial charge in [-0.25, -0.2) is 24.6 Å². The second-order valence-electron chi connectivity index (χ2n) is 11.7. The zero-order chi connectivity index (χ0) is 39.7. The maximum atomic E-state index is 13.1. The van der Waals surface area contributed by atoms with Crippen LogP contribution in [0.4, 0.5) is 0 Å². The molecule has 0 radical (unpaired) electrons. The van der Waals surface area contributed by atoms with E-state index in [1.165, 1.54) is 24.4 Å². The molecule has 0 saturated heterocycles. The molecule has 0 aliphatic heterocycles. The van der Waals surface area contributed by atoms with Crippen molar-refractivity contribution in [2.75, 3.05) is 26.4 Å². The summed E-state index contributed by atoms with van der Waals surface area (Å²) >= 11 is 0. The maximum Gasteiger partial charge on any atom is 0.343 e. The summed E-state index contributed by atoms with van der Waals surface area (Å²) < 4.78 is 32.7. The fraction of sp³-hybridized carbons (Fsp3) is 0.286. The van der Waals surface area contributed by atoms with E-state index in [1.54, 1.807) is 48.5 Å². The van der Waals surface area contributed by atoms with Crippen LogP contribution in [0, 0.1) is 0 Å². The van der Waals surface area contributed by atoms with E-state index in [2.05, 4.69) is 30.3 Å². The molecule has 0 aliphatic rings. The molecule has 0 fully saturated rings. The number of carbonyl (C=O) groups excluding carboxylic acids is 5. The van der Waals surface area contributed by atoms with Crippen LogP contribution in [0.1, 0.15) is 77.6 Å². The van der Waals surface area contributed by atoms with E-state index in [1.807, 2.05) is 0 Å². The molecule has 0 atom stereocenters. The molecule has 13 nitrogen and oxygen atoms in total. The third-order valence-corrected chi connectivity index (χ3v) is 7.58. The molecule has 0 aliphatic carbocycles. The number of ether oxygens (including phenoxy) is 6. The highest BCUT2D eigenvalue weighted by Gasteiger charge is 2.15. The number of rotatable bonds is 25. The van der Waals surface area contributed by atoms with Gasteiger partial charge in [0.05, 0.1) is 43.8 Å². The van der Waals surface area contributed by atoms with Crippen molar-refractivity contribution >= 4 is 36.0 Å². The average Bonchev–Trinajstić information content (AvgIpc) is 3.20. The molecule has 1 amide bonds. The zero-order valence-electron chi connectivity index (χ0n) is 30.7. The Morgan fingerprint density at radius 1 is 0.545 bits per heavy atom. The molecule has 0 heterocycles. The second kappa shape index (κ2) is 24.7. The Labute approximate surface area is 320 Å². The van der Waals surface area contributed by atoms with E-state index in [0.29, 0.717) is 37.9 Å². The number of esters is 4. The van der Waals surface area contributed by atoms with Gasteiger partial charge in [0.25, 0.3) is 5.91 Å². The van der Waals surface area contributed by atoms with Crippen molar-refractivity contribution in [3.63, 3.8) is 0 Å². The van der Waals surface area contributed by atoms with Crippen LogP contribution in [0.25, 0.3) is 0 Å². The molecule has 0 bridgehead atoms. The van der Waals surface area contributed by atoms with Crippen LogP contribution in [0.2, 0.25) is 0 Å². The van der Waals surface area contributed by atoms with Crippen molar-refractivity contribution in [2.24, 2.45) is 5.10 Å². The quantitative estimate of drug-likeness (QED) is 0.0234. The van der Waals surface area contributed by atoms with Gasteiger partial charge < -0.3 is 28.4 Å². The Morgan fingerprint density at radius 3 is 1.47 bits per heavy atom. The molecule has 0 unspecified atom stereocenters. The maximum absolute atomic E-state index is 13.1. The van der Waals surface area contributed by atoms with Crippen LogP contribution in [-0.2, 0) is 23.9 Å². The van der Waals surface area contributed by atoms with Crippen molar-refractivity contribution in [3.05, 3.63) is 121 Å². The lowest BCUT2D eigenvalue weighted by atomic mass is 10.2. The van der Waals surface area contributed by atoms with Crippen LogP contribution >= 0.6 is 0 Å². The highest BCUT2D eigenvalue weighted by Crippen LogP contribution is 2.26. The molecule has 0 spiro atoms. The van der Waals surface area contributed by atoms with E-state index in [0.717, 1.165) is 69.6 Å². The van der Waals surface area contributed by atoms with Gasteiger partial charge in [-0.05, 0) is 124 Å². The molecule has 3 rings (SSSR count). The molecule has 55 heavy (non-hydrogen) atoms. The van der Waals surface area contributed by atoms with Crippen molar-refractivity contribution in [1.29, 1.82) is 0 Å². The molecular formula is C42H46N2O11. The average molecular weight is 755 g/mol. The van der Waals surface area contributed by atoms with Crippen LogP contribution in [-0.4, -0.2) is 62.4 Å². The molecule has 1 N–H and O–H groups in total. The van der Waals surface area contributed by atoms with Crippen molar-refractivity contribution in [3.8, 4) is 23.0 Å². The number of benzene rings is 3. The molecular weight excluding hydrogens is 708 g/mol. The number of nitrogens with zero attached hydrogens (tertiary/aromatic N) is 1. The third-order valence-electron chi connectivity index (χ3n) is 7.58. The third kappa shape index (κ3) is 16.8. The van der Waals surface area contributed by atoms with E-state index in [4.69, 9.17) is 28.4 Å². The van der Waals surface area contributed by atoms with E-state index < -0.39 is 29.8 Å².